The maximum atomic E-state index is 11.8. The molecule has 0 saturated carbocycles. The minimum atomic E-state index is -2.14. The Morgan fingerprint density at radius 2 is 1.14 bits per heavy atom. The molecular formula is C23H34O3Si2. The topological polar surface area (TPSA) is 57.5 Å². The van der Waals surface area contributed by atoms with Crippen molar-refractivity contribution < 1.29 is 15.0 Å². The van der Waals surface area contributed by atoms with E-state index in [1.807, 2.05) is 0 Å². The average Bonchev–Trinajstić information content (AvgIpc) is 2.61. The summed E-state index contributed by atoms with van der Waals surface area (Å²) >= 11 is 0. The summed E-state index contributed by atoms with van der Waals surface area (Å²) in [6, 6.07) is 17.1. The number of aliphatic hydroxyl groups is 1. The molecule has 0 aliphatic rings. The predicted molar refractivity (Wildman–Crippen MR) is 123 cm³/mol. The van der Waals surface area contributed by atoms with Crippen molar-refractivity contribution in [1.29, 1.82) is 0 Å². The Hall–Kier alpha value is -1.70. The molecule has 28 heavy (non-hydrogen) atoms. The molecule has 0 unspecified atom stereocenters. The van der Waals surface area contributed by atoms with Gasteiger partial charge in [0.2, 0.25) is 0 Å². The molecule has 2 rings (SSSR count). The van der Waals surface area contributed by atoms with E-state index in [2.05, 4.69) is 88.6 Å². The van der Waals surface area contributed by atoms with Crippen LogP contribution in [0, 0.1) is 13.8 Å². The van der Waals surface area contributed by atoms with Crippen molar-refractivity contribution in [3.8, 4) is 0 Å². The zero-order chi connectivity index (χ0) is 21.1. The SMILES string of the molecule is Cc1ccc([Si](C)(C)[C@H](CO)[C@H](CC(=O)O)[Si](C)(C)c2ccc(C)cc2)cc1. The van der Waals surface area contributed by atoms with Crippen molar-refractivity contribution >= 4 is 32.5 Å². The molecule has 152 valence electrons. The van der Waals surface area contributed by atoms with Gasteiger partial charge in [0.05, 0.1) is 16.1 Å². The zero-order valence-electron chi connectivity index (χ0n) is 18.0. The highest BCUT2D eigenvalue weighted by atomic mass is 28.3. The third-order valence-corrected chi connectivity index (χ3v) is 15.4. The zero-order valence-corrected chi connectivity index (χ0v) is 20.0. The Balaban J connectivity index is 2.52. The second-order valence-corrected chi connectivity index (χ2v) is 18.7. The lowest BCUT2D eigenvalue weighted by Crippen LogP contribution is -2.56. The van der Waals surface area contributed by atoms with Crippen LogP contribution in [0.15, 0.2) is 48.5 Å². The van der Waals surface area contributed by atoms with Crippen LogP contribution in [0.5, 0.6) is 0 Å². The van der Waals surface area contributed by atoms with Crippen molar-refractivity contribution in [2.45, 2.75) is 57.5 Å². The fourth-order valence-electron chi connectivity index (χ4n) is 4.34. The first-order chi connectivity index (χ1) is 13.0. The highest BCUT2D eigenvalue weighted by Gasteiger charge is 2.47. The standard InChI is InChI=1S/C23H34O3Si2/c1-17-7-11-19(12-8-17)27(3,4)21(15-23(25)26)22(16-24)28(5,6)20-13-9-18(2)10-14-20/h7-14,21-22,24H,15-16H2,1-6H3,(H,25,26)/t21-,22+/m0/s1. The molecule has 0 fully saturated rings. The van der Waals surface area contributed by atoms with Gasteiger partial charge in [-0.05, 0) is 24.9 Å². The molecule has 3 nitrogen and oxygen atoms in total. The monoisotopic (exact) mass is 414 g/mol. The van der Waals surface area contributed by atoms with Gasteiger partial charge < -0.3 is 10.2 Å². The van der Waals surface area contributed by atoms with Crippen LogP contribution in [-0.4, -0.2) is 38.9 Å². The lowest BCUT2D eigenvalue weighted by molar-refractivity contribution is -0.137. The molecule has 0 spiro atoms. The fourth-order valence-corrected chi connectivity index (χ4v) is 13.1. The third kappa shape index (κ3) is 4.82. The van der Waals surface area contributed by atoms with E-state index >= 15 is 0 Å². The Morgan fingerprint density at radius 3 is 1.46 bits per heavy atom. The number of carboxylic acids is 1. The average molecular weight is 415 g/mol. The van der Waals surface area contributed by atoms with E-state index in [4.69, 9.17) is 0 Å². The molecule has 0 saturated heterocycles. The number of aliphatic hydroxyl groups excluding tert-OH is 1. The molecule has 0 amide bonds. The van der Waals surface area contributed by atoms with Crippen molar-refractivity contribution in [3.05, 3.63) is 59.7 Å². The first-order valence-corrected chi connectivity index (χ1v) is 16.1. The van der Waals surface area contributed by atoms with Gasteiger partial charge in [-0.1, -0.05) is 96.2 Å². The van der Waals surface area contributed by atoms with E-state index in [0.717, 1.165) is 0 Å². The highest BCUT2D eigenvalue weighted by molar-refractivity contribution is 6.96. The number of carboxylic acid groups (broad SMARTS) is 1. The minimum Gasteiger partial charge on any atom is -0.481 e. The summed E-state index contributed by atoms with van der Waals surface area (Å²) in [5, 5.41) is 22.7. The van der Waals surface area contributed by atoms with Crippen LogP contribution in [0.1, 0.15) is 17.5 Å². The van der Waals surface area contributed by atoms with Crippen LogP contribution in [0.2, 0.25) is 37.3 Å². The molecule has 2 atom stereocenters. The number of aryl methyl sites for hydroxylation is 2. The summed E-state index contributed by atoms with van der Waals surface area (Å²) in [6.07, 6.45) is 0.112. The molecule has 0 aromatic heterocycles. The van der Waals surface area contributed by atoms with E-state index in [1.54, 1.807) is 0 Å². The number of hydrogen-bond donors (Lipinski definition) is 2. The summed E-state index contributed by atoms with van der Waals surface area (Å²) in [6.45, 7) is 13.2. The van der Waals surface area contributed by atoms with Gasteiger partial charge in [0.1, 0.15) is 0 Å². The molecule has 2 N–H and O–H groups in total. The Labute approximate surface area is 171 Å². The second kappa shape index (κ2) is 8.76. The molecule has 2 aromatic rings. The molecule has 5 heteroatoms. The second-order valence-electron chi connectivity index (χ2n) is 9.17. The van der Waals surface area contributed by atoms with Crippen LogP contribution in [0.4, 0.5) is 0 Å². The molecule has 0 aliphatic carbocycles. The van der Waals surface area contributed by atoms with E-state index < -0.39 is 22.1 Å². The molecule has 0 heterocycles. The molecular weight excluding hydrogens is 380 g/mol. The van der Waals surface area contributed by atoms with E-state index in [0.29, 0.717) is 0 Å². The van der Waals surface area contributed by atoms with Crippen molar-refractivity contribution in [1.82, 2.24) is 0 Å². The summed E-state index contributed by atoms with van der Waals surface area (Å²) in [7, 11) is -4.23. The quantitative estimate of drug-likeness (QED) is 0.641. The number of benzene rings is 2. The van der Waals surface area contributed by atoms with Crippen molar-refractivity contribution in [2.24, 2.45) is 0 Å². The van der Waals surface area contributed by atoms with Crippen molar-refractivity contribution in [2.75, 3.05) is 6.61 Å². The number of carbonyl (C=O) groups is 1. The summed E-state index contributed by atoms with van der Waals surface area (Å²) in [5.41, 5.74) is 2.39. The van der Waals surface area contributed by atoms with Gasteiger partial charge in [-0.15, -0.1) is 0 Å². The number of hydrogen-bond acceptors (Lipinski definition) is 2. The fraction of sp³-hybridized carbons (Fsp3) is 0.435. The molecule has 2 aromatic carbocycles. The lowest BCUT2D eigenvalue weighted by atomic mass is 10.2. The minimum absolute atomic E-state index is 0.00530. The number of rotatable bonds is 8. The molecule has 0 aliphatic heterocycles. The lowest BCUT2D eigenvalue weighted by Gasteiger charge is -2.44. The van der Waals surface area contributed by atoms with E-state index in [1.165, 1.54) is 21.5 Å². The third-order valence-electron chi connectivity index (χ3n) is 6.52. The smallest absolute Gasteiger partial charge is 0.303 e. The van der Waals surface area contributed by atoms with Crippen molar-refractivity contribution in [3.63, 3.8) is 0 Å². The Kier molecular flexibility index (Phi) is 7.07. The first kappa shape index (κ1) is 22.6. The Bertz CT molecular complexity index is 796. The van der Waals surface area contributed by atoms with E-state index in [9.17, 15) is 15.0 Å². The van der Waals surface area contributed by atoms with Crippen LogP contribution in [0.25, 0.3) is 0 Å². The van der Waals surface area contributed by atoms with E-state index in [-0.39, 0.29) is 24.1 Å². The van der Waals surface area contributed by atoms with Gasteiger partial charge in [0.25, 0.3) is 0 Å². The molecule has 0 bridgehead atoms. The van der Waals surface area contributed by atoms with Crippen LogP contribution in [0.3, 0.4) is 0 Å². The first-order valence-electron chi connectivity index (χ1n) is 9.97. The van der Waals surface area contributed by atoms with Gasteiger partial charge in [-0.3, -0.25) is 4.79 Å². The van der Waals surface area contributed by atoms with Gasteiger partial charge in [0, 0.05) is 13.0 Å². The highest BCUT2D eigenvalue weighted by Crippen LogP contribution is 2.42. The van der Waals surface area contributed by atoms with Crippen LogP contribution >= 0.6 is 0 Å². The summed E-state index contributed by atoms with van der Waals surface area (Å²) < 4.78 is 0. The van der Waals surface area contributed by atoms with Crippen LogP contribution < -0.4 is 10.4 Å². The normalized spacial score (nSPS) is 14.5. The van der Waals surface area contributed by atoms with Gasteiger partial charge in [0.15, 0.2) is 0 Å². The van der Waals surface area contributed by atoms with Gasteiger partial charge >= 0.3 is 5.97 Å². The Morgan fingerprint density at radius 1 is 0.786 bits per heavy atom. The maximum Gasteiger partial charge on any atom is 0.303 e. The molecule has 0 radical (unpaired) electrons. The maximum absolute atomic E-state index is 11.8. The predicted octanol–water partition coefficient (Wildman–Crippen LogP) is 4.04. The summed E-state index contributed by atoms with van der Waals surface area (Å²) in [4.78, 5) is 11.8. The van der Waals surface area contributed by atoms with Gasteiger partial charge in [-0.25, -0.2) is 0 Å². The number of aliphatic carboxylic acids is 1. The van der Waals surface area contributed by atoms with Gasteiger partial charge in [-0.2, -0.15) is 0 Å². The largest absolute Gasteiger partial charge is 0.481 e. The summed E-state index contributed by atoms with van der Waals surface area (Å²) in [5.74, 6) is -0.773. The van der Waals surface area contributed by atoms with Crippen LogP contribution in [-0.2, 0) is 4.79 Å².